The number of hydrogen-bond donors (Lipinski definition) is 0. The molecule has 0 amide bonds. The molecule has 0 saturated carbocycles. The highest BCUT2D eigenvalue weighted by molar-refractivity contribution is 7.70. The first-order valence-corrected chi connectivity index (χ1v) is 12.3. The summed E-state index contributed by atoms with van der Waals surface area (Å²) in [5, 5.41) is 6.84. The van der Waals surface area contributed by atoms with E-state index >= 15 is 0 Å². The summed E-state index contributed by atoms with van der Waals surface area (Å²) in [6.07, 6.45) is 0. The normalized spacial score (nSPS) is 12.6. The van der Waals surface area contributed by atoms with Gasteiger partial charge in [-0.05, 0) is 59.8 Å². The molecule has 0 aliphatic carbocycles. The van der Waals surface area contributed by atoms with Crippen LogP contribution < -0.4 is 5.30 Å². The summed E-state index contributed by atoms with van der Waals surface area (Å²) in [6, 6.07) is 27.4. The van der Waals surface area contributed by atoms with Gasteiger partial charge in [-0.25, -0.2) is 4.98 Å². The van der Waals surface area contributed by atoms with Crippen LogP contribution in [0.25, 0.3) is 49.1 Å². The van der Waals surface area contributed by atoms with Crippen LogP contribution in [0.1, 0.15) is 0 Å². The Morgan fingerprint density at radius 3 is 2.17 bits per heavy atom. The van der Waals surface area contributed by atoms with Crippen molar-refractivity contribution in [2.75, 3.05) is 13.3 Å². The first-order valence-electron chi connectivity index (χ1n) is 9.72. The van der Waals surface area contributed by atoms with Gasteiger partial charge in [0.1, 0.15) is 12.8 Å². The Kier molecular flexibility index (Phi) is 3.29. The van der Waals surface area contributed by atoms with E-state index in [1.807, 2.05) is 25.5 Å². The number of aromatic nitrogens is 2. The quantitative estimate of drug-likeness (QED) is 0.189. The molecule has 4 heteroatoms. The minimum atomic E-state index is -2.36. The molecule has 0 bridgehead atoms. The van der Waals surface area contributed by atoms with Crippen molar-refractivity contribution >= 4 is 61.6 Å². The summed E-state index contributed by atoms with van der Waals surface area (Å²) >= 11 is 0. The van der Waals surface area contributed by atoms with Gasteiger partial charge in [-0.3, -0.25) is 4.40 Å². The van der Waals surface area contributed by atoms with E-state index in [-0.39, 0.29) is 0 Å². The van der Waals surface area contributed by atoms with E-state index < -0.39 is 7.14 Å². The van der Waals surface area contributed by atoms with E-state index in [9.17, 15) is 4.57 Å². The van der Waals surface area contributed by atoms with Crippen LogP contribution in [0.3, 0.4) is 0 Å². The molecule has 0 aliphatic rings. The zero-order chi connectivity index (χ0) is 19.8. The molecule has 0 radical (unpaired) electrons. The average Bonchev–Trinajstić information content (AvgIpc) is 3.11. The molecule has 6 rings (SSSR count). The van der Waals surface area contributed by atoms with E-state index in [0.29, 0.717) is 0 Å². The third kappa shape index (κ3) is 2.38. The maximum absolute atomic E-state index is 12.7. The van der Waals surface area contributed by atoms with Gasteiger partial charge in [-0.1, -0.05) is 48.5 Å². The summed E-state index contributed by atoms with van der Waals surface area (Å²) in [6.45, 7) is 3.64. The highest BCUT2D eigenvalue weighted by Crippen LogP contribution is 2.38. The van der Waals surface area contributed by atoms with E-state index in [2.05, 4.69) is 71.1 Å². The number of benzene rings is 4. The van der Waals surface area contributed by atoms with Crippen LogP contribution in [0.2, 0.25) is 0 Å². The van der Waals surface area contributed by atoms with Gasteiger partial charge in [0.2, 0.25) is 0 Å². The Labute approximate surface area is 168 Å². The number of hydrogen-bond acceptors (Lipinski definition) is 2. The van der Waals surface area contributed by atoms with Crippen molar-refractivity contribution in [2.45, 2.75) is 0 Å². The second-order valence-corrected chi connectivity index (χ2v) is 11.3. The fraction of sp³-hybridized carbons (Fsp3) is 0.0800. The van der Waals surface area contributed by atoms with Gasteiger partial charge in [0, 0.05) is 16.1 Å². The van der Waals surface area contributed by atoms with Crippen LogP contribution in [0.15, 0.2) is 78.9 Å². The maximum Gasteiger partial charge on any atom is 0.146 e. The predicted molar refractivity (Wildman–Crippen MR) is 124 cm³/mol. The zero-order valence-corrected chi connectivity index (χ0v) is 17.1. The molecule has 0 spiro atoms. The van der Waals surface area contributed by atoms with Crippen molar-refractivity contribution in [1.29, 1.82) is 0 Å². The molecule has 0 N–H and O–H groups in total. The van der Waals surface area contributed by atoms with Gasteiger partial charge in [0.15, 0.2) is 0 Å². The SMILES string of the molecule is CP(C)(=O)c1ccc2nc3c4ccccc4c4cc5ccccc5cc4n3c2c1. The van der Waals surface area contributed by atoms with Crippen molar-refractivity contribution < 1.29 is 4.57 Å². The third-order valence-corrected chi connectivity index (χ3v) is 7.34. The maximum atomic E-state index is 12.7. The lowest BCUT2D eigenvalue weighted by molar-refractivity contribution is 0.588. The van der Waals surface area contributed by atoms with Crippen molar-refractivity contribution in [3.63, 3.8) is 0 Å². The van der Waals surface area contributed by atoms with Crippen molar-refractivity contribution in [3.8, 4) is 0 Å². The van der Waals surface area contributed by atoms with Gasteiger partial charge < -0.3 is 4.57 Å². The standard InChI is InChI=1S/C25H19N2OP/c1-29(2,28)18-11-12-22-24(15-18)27-23-14-17-8-4-3-7-16(17)13-21(23)19-9-5-6-10-20(19)25(27)26-22/h3-15H,1-2H3. The van der Waals surface area contributed by atoms with Crippen molar-refractivity contribution in [2.24, 2.45) is 0 Å². The van der Waals surface area contributed by atoms with E-state index in [1.54, 1.807) is 0 Å². The summed E-state index contributed by atoms with van der Waals surface area (Å²) in [5.41, 5.74) is 4.00. The van der Waals surface area contributed by atoms with Gasteiger partial charge in [0.25, 0.3) is 0 Å². The molecule has 0 unspecified atom stereocenters. The van der Waals surface area contributed by atoms with E-state index in [1.165, 1.54) is 21.5 Å². The number of nitrogens with zero attached hydrogens (tertiary/aromatic N) is 2. The number of imidazole rings is 1. The number of fused-ring (bicyclic) bond motifs is 9. The van der Waals surface area contributed by atoms with Crippen LogP contribution in [-0.2, 0) is 4.57 Å². The van der Waals surface area contributed by atoms with Crippen LogP contribution in [0.5, 0.6) is 0 Å². The van der Waals surface area contributed by atoms with Crippen LogP contribution >= 0.6 is 7.14 Å². The molecule has 0 aliphatic heterocycles. The molecule has 2 heterocycles. The molecule has 29 heavy (non-hydrogen) atoms. The third-order valence-electron chi connectivity index (χ3n) is 5.82. The molecule has 140 valence electrons. The van der Waals surface area contributed by atoms with Crippen molar-refractivity contribution in [3.05, 3.63) is 78.9 Å². The first kappa shape index (κ1) is 16.8. The number of pyridine rings is 1. The number of rotatable bonds is 1. The second kappa shape index (κ2) is 5.68. The van der Waals surface area contributed by atoms with Gasteiger partial charge in [0.05, 0.1) is 16.6 Å². The molecular formula is C25H19N2OP. The fourth-order valence-corrected chi connectivity index (χ4v) is 5.23. The second-order valence-electron chi connectivity index (χ2n) is 8.06. The highest BCUT2D eigenvalue weighted by Gasteiger charge is 2.17. The molecule has 3 nitrogen and oxygen atoms in total. The zero-order valence-electron chi connectivity index (χ0n) is 16.3. The van der Waals surface area contributed by atoms with E-state index in [4.69, 9.17) is 4.98 Å². The minimum Gasteiger partial charge on any atom is -0.319 e. The summed E-state index contributed by atoms with van der Waals surface area (Å²) in [5.74, 6) is 0. The Hall–Kier alpha value is -3.16. The highest BCUT2D eigenvalue weighted by atomic mass is 31.2. The lowest BCUT2D eigenvalue weighted by Crippen LogP contribution is -2.02. The van der Waals surface area contributed by atoms with Crippen LogP contribution in [0, 0.1) is 0 Å². The topological polar surface area (TPSA) is 34.4 Å². The lowest BCUT2D eigenvalue weighted by atomic mass is 10.0. The molecule has 2 aromatic heterocycles. The Balaban J connectivity index is 1.93. The predicted octanol–water partition coefficient (Wildman–Crippen LogP) is 6.20. The molecular weight excluding hydrogens is 375 g/mol. The van der Waals surface area contributed by atoms with Gasteiger partial charge in [-0.2, -0.15) is 0 Å². The minimum absolute atomic E-state index is 0.883. The average molecular weight is 394 g/mol. The molecule has 6 aromatic rings. The summed E-state index contributed by atoms with van der Waals surface area (Å²) in [4.78, 5) is 4.97. The summed E-state index contributed by atoms with van der Waals surface area (Å²) < 4.78 is 15.0. The largest absolute Gasteiger partial charge is 0.319 e. The van der Waals surface area contributed by atoms with Gasteiger partial charge >= 0.3 is 0 Å². The Morgan fingerprint density at radius 1 is 0.724 bits per heavy atom. The molecule has 0 fully saturated rings. The first-order chi connectivity index (χ1) is 14.0. The molecule has 4 aromatic carbocycles. The van der Waals surface area contributed by atoms with Gasteiger partial charge in [-0.15, -0.1) is 0 Å². The smallest absolute Gasteiger partial charge is 0.146 e. The Morgan fingerprint density at radius 2 is 1.41 bits per heavy atom. The van der Waals surface area contributed by atoms with E-state index in [0.717, 1.165) is 32.9 Å². The van der Waals surface area contributed by atoms with Crippen molar-refractivity contribution in [1.82, 2.24) is 9.38 Å². The fourth-order valence-electron chi connectivity index (χ4n) is 4.37. The Bertz CT molecular complexity index is 1660. The summed E-state index contributed by atoms with van der Waals surface area (Å²) in [7, 11) is -2.36. The molecule has 0 saturated heterocycles. The lowest BCUT2D eigenvalue weighted by Gasteiger charge is -2.11. The van der Waals surface area contributed by atoms with Crippen LogP contribution in [0.4, 0.5) is 0 Å². The van der Waals surface area contributed by atoms with Crippen LogP contribution in [-0.4, -0.2) is 22.7 Å². The molecule has 0 atom stereocenters. The monoisotopic (exact) mass is 394 g/mol.